The number of carbonyl (C=O) groups is 2. The molecule has 1 unspecified atom stereocenters. The summed E-state index contributed by atoms with van der Waals surface area (Å²) < 4.78 is 5.32. The lowest BCUT2D eigenvalue weighted by molar-refractivity contribution is -0.134. The maximum Gasteiger partial charge on any atom is 0.243 e. The summed E-state index contributed by atoms with van der Waals surface area (Å²) in [5, 5.41) is 6.02. The number of amides is 2. The third-order valence-electron chi connectivity index (χ3n) is 3.56. The number of anilines is 1. The maximum absolute atomic E-state index is 12.1. The Labute approximate surface area is 130 Å². The summed E-state index contributed by atoms with van der Waals surface area (Å²) in [4.78, 5) is 25.5. The smallest absolute Gasteiger partial charge is 0.243 e. The second-order valence-electron chi connectivity index (χ2n) is 5.59. The molecule has 1 heterocycles. The molecule has 0 radical (unpaired) electrons. The molecule has 0 bridgehead atoms. The van der Waals surface area contributed by atoms with E-state index in [-0.39, 0.29) is 24.4 Å². The fourth-order valence-electron chi connectivity index (χ4n) is 2.26. The first kappa shape index (κ1) is 16.5. The van der Waals surface area contributed by atoms with E-state index in [0.29, 0.717) is 19.6 Å². The van der Waals surface area contributed by atoms with Crippen molar-refractivity contribution in [3.8, 4) is 0 Å². The standard InChI is InChI=1S/C16H23N3O3/c1-12-3-5-13(6-4-12)18-15(20)10-19(2)16(21)9-14-11-22-8-7-17-14/h3-6,14,17H,7-11H2,1-2H3,(H,18,20). The average Bonchev–Trinajstić information content (AvgIpc) is 2.50. The van der Waals surface area contributed by atoms with Crippen molar-refractivity contribution in [2.24, 2.45) is 0 Å². The van der Waals surface area contributed by atoms with Gasteiger partial charge in [-0.25, -0.2) is 0 Å². The van der Waals surface area contributed by atoms with Crippen molar-refractivity contribution in [2.75, 3.05) is 38.7 Å². The Balaban J connectivity index is 1.77. The molecule has 6 nitrogen and oxygen atoms in total. The largest absolute Gasteiger partial charge is 0.378 e. The molecular weight excluding hydrogens is 282 g/mol. The summed E-state index contributed by atoms with van der Waals surface area (Å²) in [5.41, 5.74) is 1.87. The van der Waals surface area contributed by atoms with E-state index in [4.69, 9.17) is 4.74 Å². The van der Waals surface area contributed by atoms with Gasteiger partial charge in [0, 0.05) is 31.7 Å². The first-order chi connectivity index (χ1) is 10.5. The van der Waals surface area contributed by atoms with Crippen molar-refractivity contribution in [1.29, 1.82) is 0 Å². The molecule has 0 spiro atoms. The number of morpholine rings is 1. The highest BCUT2D eigenvalue weighted by atomic mass is 16.5. The lowest BCUT2D eigenvalue weighted by Crippen LogP contribution is -2.45. The van der Waals surface area contributed by atoms with Crippen LogP contribution >= 0.6 is 0 Å². The number of nitrogens with one attached hydrogen (secondary N) is 2. The van der Waals surface area contributed by atoms with Gasteiger partial charge in [0.25, 0.3) is 0 Å². The molecule has 0 saturated carbocycles. The van der Waals surface area contributed by atoms with Gasteiger partial charge in [-0.1, -0.05) is 17.7 Å². The highest BCUT2D eigenvalue weighted by molar-refractivity contribution is 5.94. The van der Waals surface area contributed by atoms with Crippen LogP contribution in [0, 0.1) is 6.92 Å². The molecule has 1 aliphatic rings. The van der Waals surface area contributed by atoms with E-state index in [1.807, 2.05) is 31.2 Å². The molecule has 1 aromatic rings. The minimum atomic E-state index is -0.201. The van der Waals surface area contributed by atoms with Crippen LogP contribution < -0.4 is 10.6 Å². The summed E-state index contributed by atoms with van der Waals surface area (Å²) in [6, 6.07) is 7.58. The van der Waals surface area contributed by atoms with Crippen LogP contribution in [0.1, 0.15) is 12.0 Å². The van der Waals surface area contributed by atoms with E-state index >= 15 is 0 Å². The van der Waals surface area contributed by atoms with Gasteiger partial charge in [-0.05, 0) is 19.1 Å². The normalized spacial score (nSPS) is 17.8. The van der Waals surface area contributed by atoms with Crippen LogP contribution in [0.2, 0.25) is 0 Å². The van der Waals surface area contributed by atoms with Gasteiger partial charge in [-0.15, -0.1) is 0 Å². The molecule has 1 atom stereocenters. The van der Waals surface area contributed by atoms with E-state index < -0.39 is 0 Å². The monoisotopic (exact) mass is 305 g/mol. The molecule has 1 fully saturated rings. The predicted octanol–water partition coefficient (Wildman–Crippen LogP) is 0.770. The quantitative estimate of drug-likeness (QED) is 0.843. The minimum Gasteiger partial charge on any atom is -0.378 e. The van der Waals surface area contributed by atoms with Crippen LogP contribution in [-0.4, -0.2) is 56.1 Å². The highest BCUT2D eigenvalue weighted by Gasteiger charge is 2.20. The van der Waals surface area contributed by atoms with Crippen molar-refractivity contribution >= 4 is 17.5 Å². The van der Waals surface area contributed by atoms with Gasteiger partial charge in [-0.2, -0.15) is 0 Å². The van der Waals surface area contributed by atoms with Crippen LogP contribution in [0.15, 0.2) is 24.3 Å². The molecule has 2 amide bonds. The van der Waals surface area contributed by atoms with Gasteiger partial charge in [0.15, 0.2) is 0 Å². The van der Waals surface area contributed by atoms with E-state index in [1.165, 1.54) is 4.90 Å². The first-order valence-corrected chi connectivity index (χ1v) is 7.46. The summed E-state index contributed by atoms with van der Waals surface area (Å²) >= 11 is 0. The molecule has 6 heteroatoms. The Morgan fingerprint density at radius 2 is 2.09 bits per heavy atom. The summed E-state index contributed by atoms with van der Waals surface area (Å²) in [6.07, 6.45) is 0.342. The number of likely N-dealkylation sites (N-methyl/N-ethyl adjacent to an activating group) is 1. The third-order valence-corrected chi connectivity index (χ3v) is 3.56. The number of benzene rings is 1. The van der Waals surface area contributed by atoms with Gasteiger partial charge in [-0.3, -0.25) is 9.59 Å². The molecule has 0 aliphatic carbocycles. The van der Waals surface area contributed by atoms with E-state index in [2.05, 4.69) is 10.6 Å². The molecule has 2 N–H and O–H groups in total. The van der Waals surface area contributed by atoms with E-state index in [0.717, 1.165) is 17.8 Å². The Morgan fingerprint density at radius 3 is 2.73 bits per heavy atom. The van der Waals surface area contributed by atoms with Crippen molar-refractivity contribution in [3.63, 3.8) is 0 Å². The molecule has 120 valence electrons. The van der Waals surface area contributed by atoms with Crippen molar-refractivity contribution in [1.82, 2.24) is 10.2 Å². The van der Waals surface area contributed by atoms with Crippen LogP contribution in [0.4, 0.5) is 5.69 Å². The minimum absolute atomic E-state index is 0.0314. The predicted molar refractivity (Wildman–Crippen MR) is 84.7 cm³/mol. The molecule has 22 heavy (non-hydrogen) atoms. The summed E-state index contributed by atoms with van der Waals surface area (Å²) in [6.45, 7) is 4.01. The fraction of sp³-hybridized carbons (Fsp3) is 0.500. The summed E-state index contributed by atoms with van der Waals surface area (Å²) in [7, 11) is 1.64. The van der Waals surface area contributed by atoms with Gasteiger partial charge in [0.1, 0.15) is 0 Å². The number of hydrogen-bond acceptors (Lipinski definition) is 4. The van der Waals surface area contributed by atoms with E-state index in [1.54, 1.807) is 7.05 Å². The van der Waals surface area contributed by atoms with Crippen molar-refractivity contribution in [2.45, 2.75) is 19.4 Å². The second-order valence-corrected chi connectivity index (χ2v) is 5.59. The molecule has 1 aromatic carbocycles. The number of carbonyl (C=O) groups excluding carboxylic acids is 2. The van der Waals surface area contributed by atoms with Crippen LogP contribution in [0.3, 0.4) is 0 Å². The molecule has 1 saturated heterocycles. The zero-order chi connectivity index (χ0) is 15.9. The SMILES string of the molecule is Cc1ccc(NC(=O)CN(C)C(=O)CC2COCCN2)cc1. The van der Waals surface area contributed by atoms with Crippen LogP contribution in [-0.2, 0) is 14.3 Å². The Bertz CT molecular complexity index is 510. The molecular formula is C16H23N3O3. The highest BCUT2D eigenvalue weighted by Crippen LogP contribution is 2.08. The fourth-order valence-corrected chi connectivity index (χ4v) is 2.26. The van der Waals surface area contributed by atoms with E-state index in [9.17, 15) is 9.59 Å². The Morgan fingerprint density at radius 1 is 1.36 bits per heavy atom. The number of hydrogen-bond donors (Lipinski definition) is 2. The van der Waals surface area contributed by atoms with Crippen molar-refractivity contribution in [3.05, 3.63) is 29.8 Å². The van der Waals surface area contributed by atoms with Crippen molar-refractivity contribution < 1.29 is 14.3 Å². The molecule has 0 aromatic heterocycles. The number of ether oxygens (including phenoxy) is 1. The Kier molecular flexibility index (Phi) is 5.91. The average molecular weight is 305 g/mol. The number of aryl methyl sites for hydroxylation is 1. The first-order valence-electron chi connectivity index (χ1n) is 7.46. The van der Waals surface area contributed by atoms with Gasteiger partial charge < -0.3 is 20.3 Å². The lowest BCUT2D eigenvalue weighted by Gasteiger charge is -2.25. The zero-order valence-electron chi connectivity index (χ0n) is 13.1. The molecule has 2 rings (SSSR count). The van der Waals surface area contributed by atoms with Gasteiger partial charge >= 0.3 is 0 Å². The topological polar surface area (TPSA) is 70.7 Å². The van der Waals surface area contributed by atoms with Crippen LogP contribution in [0.25, 0.3) is 0 Å². The summed E-state index contributed by atoms with van der Waals surface area (Å²) in [5.74, 6) is -0.269. The number of nitrogens with zero attached hydrogens (tertiary/aromatic N) is 1. The van der Waals surface area contributed by atoms with Crippen LogP contribution in [0.5, 0.6) is 0 Å². The third kappa shape index (κ3) is 5.13. The zero-order valence-corrected chi connectivity index (χ0v) is 13.1. The maximum atomic E-state index is 12.1. The lowest BCUT2D eigenvalue weighted by atomic mass is 10.2. The molecule has 1 aliphatic heterocycles. The second kappa shape index (κ2) is 7.91. The van der Waals surface area contributed by atoms with Gasteiger partial charge in [0.2, 0.25) is 11.8 Å². The number of rotatable bonds is 5. The van der Waals surface area contributed by atoms with Gasteiger partial charge in [0.05, 0.1) is 19.8 Å². The Hall–Kier alpha value is -1.92.